The number of rotatable bonds is 2. The van der Waals surface area contributed by atoms with Gasteiger partial charge in [0.25, 0.3) is 0 Å². The molecule has 2 nitrogen and oxygen atoms in total. The minimum atomic E-state index is -1.25. The summed E-state index contributed by atoms with van der Waals surface area (Å²) in [6.45, 7) is 2.47. The van der Waals surface area contributed by atoms with E-state index < -0.39 is 23.8 Å². The summed E-state index contributed by atoms with van der Waals surface area (Å²) in [6.07, 6.45) is 0. The lowest BCUT2D eigenvalue weighted by atomic mass is 9.92. The van der Waals surface area contributed by atoms with Crippen LogP contribution in [-0.2, 0) is 5.54 Å². The van der Waals surface area contributed by atoms with Gasteiger partial charge in [-0.25, -0.2) is 8.78 Å². The lowest BCUT2D eigenvalue weighted by molar-refractivity contribution is 0.206. The van der Waals surface area contributed by atoms with Gasteiger partial charge in [-0.1, -0.05) is 0 Å². The molecule has 1 atom stereocenters. The summed E-state index contributed by atoms with van der Waals surface area (Å²) in [7, 11) is 0. The summed E-state index contributed by atoms with van der Waals surface area (Å²) in [5.74, 6) is -1.12. The molecule has 0 bridgehead atoms. The van der Waals surface area contributed by atoms with E-state index in [0.717, 1.165) is 12.1 Å². The average Bonchev–Trinajstić information content (AvgIpc) is 2.11. The molecule has 0 fully saturated rings. The highest BCUT2D eigenvalue weighted by Gasteiger charge is 2.24. The molecule has 14 heavy (non-hydrogen) atoms. The molecule has 4 heteroatoms. The number of aryl methyl sites for hydroxylation is 1. The first-order valence-electron chi connectivity index (χ1n) is 4.24. The molecule has 0 heterocycles. The van der Waals surface area contributed by atoms with Crippen LogP contribution in [0.3, 0.4) is 0 Å². The van der Waals surface area contributed by atoms with E-state index in [1.165, 1.54) is 13.8 Å². The van der Waals surface area contributed by atoms with Gasteiger partial charge in [-0.3, -0.25) is 0 Å². The maximum atomic E-state index is 13.4. The van der Waals surface area contributed by atoms with Gasteiger partial charge in [0, 0.05) is 5.56 Å². The van der Waals surface area contributed by atoms with Gasteiger partial charge in [0.15, 0.2) is 0 Å². The molecule has 0 amide bonds. The van der Waals surface area contributed by atoms with Gasteiger partial charge < -0.3 is 10.8 Å². The second-order valence-corrected chi connectivity index (χ2v) is 3.66. The third kappa shape index (κ3) is 1.91. The van der Waals surface area contributed by atoms with Gasteiger partial charge in [-0.2, -0.15) is 0 Å². The van der Waals surface area contributed by atoms with Gasteiger partial charge in [0.1, 0.15) is 11.6 Å². The second kappa shape index (κ2) is 3.63. The van der Waals surface area contributed by atoms with E-state index in [4.69, 9.17) is 10.8 Å². The molecular formula is C10H13F2NO. The van der Waals surface area contributed by atoms with Crippen LogP contribution < -0.4 is 5.73 Å². The van der Waals surface area contributed by atoms with E-state index in [-0.39, 0.29) is 11.1 Å². The number of nitrogens with two attached hydrogens (primary N) is 1. The maximum Gasteiger partial charge on any atom is 0.128 e. The average molecular weight is 201 g/mol. The Labute approximate surface area is 81.4 Å². The third-order valence-electron chi connectivity index (χ3n) is 2.19. The summed E-state index contributed by atoms with van der Waals surface area (Å²) >= 11 is 0. The monoisotopic (exact) mass is 201 g/mol. The first-order chi connectivity index (χ1) is 6.38. The lowest BCUT2D eigenvalue weighted by Gasteiger charge is -2.23. The SMILES string of the molecule is Cc1cc(F)c([C@](C)(N)CO)cc1F. The Hall–Kier alpha value is -1.00. The Kier molecular flexibility index (Phi) is 2.87. The quantitative estimate of drug-likeness (QED) is 0.760. The Bertz CT molecular complexity index is 350. The molecule has 0 aliphatic heterocycles. The fourth-order valence-electron chi connectivity index (χ4n) is 1.17. The van der Waals surface area contributed by atoms with E-state index in [9.17, 15) is 8.78 Å². The van der Waals surface area contributed by atoms with Crippen molar-refractivity contribution >= 4 is 0 Å². The van der Waals surface area contributed by atoms with E-state index in [0.29, 0.717) is 0 Å². The third-order valence-corrected chi connectivity index (χ3v) is 2.19. The topological polar surface area (TPSA) is 46.2 Å². The number of benzene rings is 1. The first kappa shape index (κ1) is 11.1. The first-order valence-corrected chi connectivity index (χ1v) is 4.24. The van der Waals surface area contributed by atoms with Crippen LogP contribution in [-0.4, -0.2) is 11.7 Å². The fraction of sp³-hybridized carbons (Fsp3) is 0.400. The number of hydrogen-bond donors (Lipinski definition) is 2. The van der Waals surface area contributed by atoms with Crippen LogP contribution in [0.1, 0.15) is 18.1 Å². The van der Waals surface area contributed by atoms with Crippen molar-refractivity contribution in [2.45, 2.75) is 19.4 Å². The van der Waals surface area contributed by atoms with Crippen molar-refractivity contribution in [3.05, 3.63) is 34.9 Å². The Morgan fingerprint density at radius 2 is 1.93 bits per heavy atom. The molecule has 0 saturated heterocycles. The van der Waals surface area contributed by atoms with Crippen LogP contribution in [0.25, 0.3) is 0 Å². The van der Waals surface area contributed by atoms with E-state index in [1.807, 2.05) is 0 Å². The van der Waals surface area contributed by atoms with Gasteiger partial charge in [0.05, 0.1) is 12.1 Å². The van der Waals surface area contributed by atoms with Crippen molar-refractivity contribution in [2.75, 3.05) is 6.61 Å². The zero-order valence-electron chi connectivity index (χ0n) is 8.14. The van der Waals surface area contributed by atoms with Crippen LogP contribution in [0, 0.1) is 18.6 Å². The predicted molar refractivity (Wildman–Crippen MR) is 49.7 cm³/mol. The number of aliphatic hydroxyl groups excluding tert-OH is 1. The highest BCUT2D eigenvalue weighted by molar-refractivity contribution is 5.30. The van der Waals surface area contributed by atoms with Crippen molar-refractivity contribution in [1.29, 1.82) is 0 Å². The van der Waals surface area contributed by atoms with E-state index in [2.05, 4.69) is 0 Å². The summed E-state index contributed by atoms with van der Waals surface area (Å²) in [6, 6.07) is 2.10. The predicted octanol–water partition coefficient (Wildman–Crippen LogP) is 1.44. The Balaban J connectivity index is 3.29. The summed E-state index contributed by atoms with van der Waals surface area (Å²) in [5.41, 5.74) is 4.56. The number of halogens is 2. The maximum absolute atomic E-state index is 13.4. The minimum absolute atomic E-state index is 0.0110. The van der Waals surface area contributed by atoms with Crippen LogP contribution in [0.4, 0.5) is 8.78 Å². The largest absolute Gasteiger partial charge is 0.394 e. The molecule has 0 spiro atoms. The van der Waals surface area contributed by atoms with Crippen molar-refractivity contribution < 1.29 is 13.9 Å². The van der Waals surface area contributed by atoms with E-state index in [1.54, 1.807) is 0 Å². The summed E-state index contributed by atoms with van der Waals surface area (Å²) < 4.78 is 26.5. The lowest BCUT2D eigenvalue weighted by Crippen LogP contribution is -2.38. The number of hydrogen-bond acceptors (Lipinski definition) is 2. The van der Waals surface area contributed by atoms with Crippen molar-refractivity contribution in [2.24, 2.45) is 5.73 Å². The molecule has 0 aliphatic carbocycles. The molecule has 0 saturated carbocycles. The van der Waals surface area contributed by atoms with Crippen molar-refractivity contribution in [1.82, 2.24) is 0 Å². The normalized spacial score (nSPS) is 15.3. The molecule has 0 aliphatic rings. The molecule has 78 valence electrons. The molecule has 1 aromatic rings. The smallest absolute Gasteiger partial charge is 0.128 e. The molecule has 0 aromatic heterocycles. The summed E-state index contributed by atoms with van der Waals surface area (Å²) in [5, 5.41) is 8.92. The number of aliphatic hydroxyl groups is 1. The Morgan fingerprint density at radius 3 is 2.43 bits per heavy atom. The standard InChI is InChI=1S/C10H13F2NO/c1-6-3-9(12)7(4-8(6)11)10(2,13)5-14/h3-4,14H,5,13H2,1-2H3/t10-/m1/s1. The van der Waals surface area contributed by atoms with E-state index >= 15 is 0 Å². The minimum Gasteiger partial charge on any atom is -0.394 e. The highest BCUT2D eigenvalue weighted by atomic mass is 19.1. The highest BCUT2D eigenvalue weighted by Crippen LogP contribution is 2.23. The second-order valence-electron chi connectivity index (χ2n) is 3.66. The molecule has 0 radical (unpaired) electrons. The van der Waals surface area contributed by atoms with Crippen molar-refractivity contribution in [3.63, 3.8) is 0 Å². The van der Waals surface area contributed by atoms with Crippen molar-refractivity contribution in [3.8, 4) is 0 Å². The molecular weight excluding hydrogens is 188 g/mol. The van der Waals surface area contributed by atoms with Gasteiger partial charge >= 0.3 is 0 Å². The van der Waals surface area contributed by atoms with Crippen LogP contribution in [0.2, 0.25) is 0 Å². The molecule has 0 unspecified atom stereocenters. The van der Waals surface area contributed by atoms with Crippen LogP contribution >= 0.6 is 0 Å². The zero-order chi connectivity index (χ0) is 10.9. The zero-order valence-corrected chi connectivity index (χ0v) is 8.14. The van der Waals surface area contributed by atoms with Gasteiger partial charge in [-0.15, -0.1) is 0 Å². The molecule has 3 N–H and O–H groups in total. The molecule has 1 rings (SSSR count). The van der Waals surface area contributed by atoms with Gasteiger partial charge in [-0.05, 0) is 31.5 Å². The molecule has 1 aromatic carbocycles. The summed E-state index contributed by atoms with van der Waals surface area (Å²) in [4.78, 5) is 0. The van der Waals surface area contributed by atoms with Crippen LogP contribution in [0.15, 0.2) is 12.1 Å². The fourth-order valence-corrected chi connectivity index (χ4v) is 1.17. The van der Waals surface area contributed by atoms with Gasteiger partial charge in [0.2, 0.25) is 0 Å². The van der Waals surface area contributed by atoms with Crippen LogP contribution in [0.5, 0.6) is 0 Å². The Morgan fingerprint density at radius 1 is 1.36 bits per heavy atom.